The molecular formula is C18H18N4O2. The van der Waals surface area contributed by atoms with Crippen LogP contribution in [0.2, 0.25) is 0 Å². The maximum absolute atomic E-state index is 5.72. The molecule has 122 valence electrons. The second kappa shape index (κ2) is 7.41. The molecule has 0 atom stereocenters. The van der Waals surface area contributed by atoms with Gasteiger partial charge in [0.25, 0.3) is 0 Å². The summed E-state index contributed by atoms with van der Waals surface area (Å²) in [7, 11) is 1.62. The molecule has 0 radical (unpaired) electrons. The third-order valence-corrected chi connectivity index (χ3v) is 3.34. The summed E-state index contributed by atoms with van der Waals surface area (Å²) in [5.74, 6) is 2.75. The third kappa shape index (κ3) is 4.19. The smallest absolute Gasteiger partial charge is 0.219 e. The van der Waals surface area contributed by atoms with Gasteiger partial charge >= 0.3 is 0 Å². The number of hydrogen-bond donors (Lipinski definition) is 1. The highest BCUT2D eigenvalue weighted by atomic mass is 16.5. The van der Waals surface area contributed by atoms with E-state index >= 15 is 0 Å². The second-order valence-corrected chi connectivity index (χ2v) is 5.18. The number of anilines is 1. The van der Waals surface area contributed by atoms with Gasteiger partial charge in [0.15, 0.2) is 0 Å². The highest BCUT2D eigenvalue weighted by molar-refractivity contribution is 5.37. The first-order chi connectivity index (χ1) is 11.7. The minimum atomic E-state index is 0.532. The van der Waals surface area contributed by atoms with E-state index < -0.39 is 0 Å². The summed E-state index contributed by atoms with van der Waals surface area (Å²) in [4.78, 5) is 12.6. The lowest BCUT2D eigenvalue weighted by Gasteiger charge is -2.08. The fourth-order valence-corrected chi connectivity index (χ4v) is 2.11. The second-order valence-electron chi connectivity index (χ2n) is 5.18. The lowest BCUT2D eigenvalue weighted by Crippen LogP contribution is -2.02. The zero-order chi connectivity index (χ0) is 16.8. The van der Waals surface area contributed by atoms with Crippen LogP contribution < -0.4 is 14.8 Å². The van der Waals surface area contributed by atoms with Crippen molar-refractivity contribution in [1.29, 1.82) is 0 Å². The number of methoxy groups -OCH3 is 1. The van der Waals surface area contributed by atoms with Gasteiger partial charge in [0.2, 0.25) is 5.88 Å². The van der Waals surface area contributed by atoms with Crippen molar-refractivity contribution in [2.24, 2.45) is 0 Å². The molecule has 6 nitrogen and oxygen atoms in total. The molecule has 6 heteroatoms. The van der Waals surface area contributed by atoms with Crippen LogP contribution >= 0.6 is 0 Å². The van der Waals surface area contributed by atoms with Gasteiger partial charge in [0.05, 0.1) is 7.11 Å². The molecule has 0 saturated carbocycles. The van der Waals surface area contributed by atoms with Gasteiger partial charge in [0.1, 0.15) is 23.6 Å². The molecule has 1 aromatic carbocycles. The number of benzene rings is 1. The standard InChI is InChI=1S/C18H18N4O2/c1-13-8-17(22-12-21-13)19-10-14-6-7-18(20-11-14)24-16-5-3-4-15(9-16)23-2/h3-9,11-12H,10H2,1-2H3,(H,19,21,22). The van der Waals surface area contributed by atoms with Gasteiger partial charge < -0.3 is 14.8 Å². The Hall–Kier alpha value is -3.15. The Balaban J connectivity index is 1.60. The molecule has 0 amide bonds. The van der Waals surface area contributed by atoms with E-state index in [9.17, 15) is 0 Å². The van der Waals surface area contributed by atoms with E-state index in [0.29, 0.717) is 18.2 Å². The summed E-state index contributed by atoms with van der Waals surface area (Å²) in [5, 5.41) is 3.24. The zero-order valence-electron chi connectivity index (χ0n) is 13.6. The van der Waals surface area contributed by atoms with Crippen molar-refractivity contribution in [1.82, 2.24) is 15.0 Å². The van der Waals surface area contributed by atoms with Crippen LogP contribution in [0.5, 0.6) is 17.4 Å². The Kier molecular flexibility index (Phi) is 4.86. The molecular weight excluding hydrogens is 304 g/mol. The predicted molar refractivity (Wildman–Crippen MR) is 91.4 cm³/mol. The number of aryl methyl sites for hydroxylation is 1. The lowest BCUT2D eigenvalue weighted by molar-refractivity contribution is 0.407. The van der Waals surface area contributed by atoms with E-state index in [4.69, 9.17) is 9.47 Å². The molecule has 0 saturated heterocycles. The average molecular weight is 322 g/mol. The minimum Gasteiger partial charge on any atom is -0.497 e. The first-order valence-electron chi connectivity index (χ1n) is 7.52. The molecule has 0 fully saturated rings. The molecule has 0 unspecified atom stereocenters. The SMILES string of the molecule is COc1cccc(Oc2ccc(CNc3cc(C)ncn3)cn2)c1. The van der Waals surface area contributed by atoms with Gasteiger partial charge in [-0.05, 0) is 24.6 Å². The van der Waals surface area contributed by atoms with E-state index in [2.05, 4.69) is 20.3 Å². The number of nitrogens with one attached hydrogen (secondary N) is 1. The summed E-state index contributed by atoms with van der Waals surface area (Å²) < 4.78 is 10.9. The van der Waals surface area contributed by atoms with E-state index in [0.717, 1.165) is 22.8 Å². The summed E-state index contributed by atoms with van der Waals surface area (Å²) in [6, 6.07) is 13.1. The molecule has 3 aromatic rings. The minimum absolute atomic E-state index is 0.532. The maximum Gasteiger partial charge on any atom is 0.219 e. The fourth-order valence-electron chi connectivity index (χ4n) is 2.11. The quantitative estimate of drug-likeness (QED) is 0.748. The van der Waals surface area contributed by atoms with Crippen LogP contribution in [-0.4, -0.2) is 22.1 Å². The van der Waals surface area contributed by atoms with Crippen LogP contribution in [0.4, 0.5) is 5.82 Å². The fraction of sp³-hybridized carbons (Fsp3) is 0.167. The van der Waals surface area contributed by atoms with Crippen molar-refractivity contribution in [3.8, 4) is 17.4 Å². The molecule has 0 spiro atoms. The van der Waals surface area contributed by atoms with Crippen LogP contribution in [0.15, 0.2) is 55.0 Å². The lowest BCUT2D eigenvalue weighted by atomic mass is 10.3. The molecule has 0 aliphatic rings. The van der Waals surface area contributed by atoms with Gasteiger partial charge in [0, 0.05) is 36.6 Å². The van der Waals surface area contributed by atoms with Crippen LogP contribution in [0.1, 0.15) is 11.3 Å². The predicted octanol–water partition coefficient (Wildman–Crippen LogP) is 3.59. The normalized spacial score (nSPS) is 10.2. The molecule has 1 N–H and O–H groups in total. The number of rotatable bonds is 6. The Morgan fingerprint density at radius 1 is 1.00 bits per heavy atom. The van der Waals surface area contributed by atoms with Gasteiger partial charge in [-0.15, -0.1) is 0 Å². The van der Waals surface area contributed by atoms with E-state index in [1.807, 2.05) is 49.4 Å². The van der Waals surface area contributed by atoms with Gasteiger partial charge in [-0.2, -0.15) is 0 Å². The summed E-state index contributed by atoms with van der Waals surface area (Å²) in [6.07, 6.45) is 3.32. The molecule has 24 heavy (non-hydrogen) atoms. The largest absolute Gasteiger partial charge is 0.497 e. The number of nitrogens with zero attached hydrogens (tertiary/aromatic N) is 3. The van der Waals surface area contributed by atoms with Crippen molar-refractivity contribution in [3.63, 3.8) is 0 Å². The average Bonchev–Trinajstić information content (AvgIpc) is 2.61. The van der Waals surface area contributed by atoms with Gasteiger partial charge in [-0.25, -0.2) is 15.0 Å². The molecule has 2 aromatic heterocycles. The van der Waals surface area contributed by atoms with Crippen molar-refractivity contribution in [2.75, 3.05) is 12.4 Å². The zero-order valence-corrected chi connectivity index (χ0v) is 13.6. The Labute approximate surface area is 140 Å². The molecule has 3 rings (SSSR count). The number of pyridine rings is 1. The highest BCUT2D eigenvalue weighted by Gasteiger charge is 2.02. The topological polar surface area (TPSA) is 69.2 Å². The monoisotopic (exact) mass is 322 g/mol. The Morgan fingerprint density at radius 3 is 2.62 bits per heavy atom. The maximum atomic E-state index is 5.72. The number of hydrogen-bond acceptors (Lipinski definition) is 6. The van der Waals surface area contributed by atoms with Crippen LogP contribution in [-0.2, 0) is 6.54 Å². The summed E-state index contributed by atoms with van der Waals surface area (Å²) in [6.45, 7) is 2.56. The molecule has 0 aliphatic carbocycles. The highest BCUT2D eigenvalue weighted by Crippen LogP contribution is 2.23. The Morgan fingerprint density at radius 2 is 1.88 bits per heavy atom. The van der Waals surface area contributed by atoms with Gasteiger partial charge in [-0.1, -0.05) is 12.1 Å². The molecule has 0 aliphatic heterocycles. The van der Waals surface area contributed by atoms with Crippen molar-refractivity contribution in [3.05, 3.63) is 66.2 Å². The summed E-state index contributed by atoms with van der Waals surface area (Å²) in [5.41, 5.74) is 1.96. The summed E-state index contributed by atoms with van der Waals surface area (Å²) >= 11 is 0. The molecule has 0 bridgehead atoms. The van der Waals surface area contributed by atoms with Crippen LogP contribution in [0.25, 0.3) is 0 Å². The van der Waals surface area contributed by atoms with Crippen molar-refractivity contribution in [2.45, 2.75) is 13.5 Å². The van der Waals surface area contributed by atoms with Gasteiger partial charge in [-0.3, -0.25) is 0 Å². The van der Waals surface area contributed by atoms with Crippen LogP contribution in [0, 0.1) is 6.92 Å². The third-order valence-electron chi connectivity index (χ3n) is 3.34. The van der Waals surface area contributed by atoms with E-state index in [1.165, 1.54) is 0 Å². The van der Waals surface area contributed by atoms with Crippen molar-refractivity contribution < 1.29 is 9.47 Å². The Bertz CT molecular complexity index is 806. The number of ether oxygens (including phenoxy) is 2. The molecule has 2 heterocycles. The van der Waals surface area contributed by atoms with E-state index in [1.54, 1.807) is 19.6 Å². The van der Waals surface area contributed by atoms with Crippen LogP contribution in [0.3, 0.4) is 0 Å². The first-order valence-corrected chi connectivity index (χ1v) is 7.52. The van der Waals surface area contributed by atoms with Crippen molar-refractivity contribution >= 4 is 5.82 Å². The first kappa shape index (κ1) is 15.7. The van der Waals surface area contributed by atoms with E-state index in [-0.39, 0.29) is 0 Å². The number of aromatic nitrogens is 3.